The number of H-pyrrole nitrogens is 1. The Labute approximate surface area is 162 Å². The molecule has 5 nitrogen and oxygen atoms in total. The predicted octanol–water partition coefficient (Wildman–Crippen LogP) is 3.49. The van der Waals surface area contributed by atoms with Crippen molar-refractivity contribution in [1.29, 1.82) is 0 Å². The Morgan fingerprint density at radius 1 is 1.19 bits per heavy atom. The molecule has 0 saturated carbocycles. The third-order valence-electron chi connectivity index (χ3n) is 4.96. The highest BCUT2D eigenvalue weighted by molar-refractivity contribution is 6.35. The van der Waals surface area contributed by atoms with Crippen LogP contribution in [0.15, 0.2) is 54.7 Å². The number of fused-ring (bicyclic) bond motifs is 1. The van der Waals surface area contributed by atoms with Gasteiger partial charge in [-0.3, -0.25) is 9.59 Å². The van der Waals surface area contributed by atoms with E-state index >= 15 is 0 Å². The molecule has 6 heteroatoms. The quantitative estimate of drug-likeness (QED) is 0.710. The maximum absolute atomic E-state index is 12.5. The summed E-state index contributed by atoms with van der Waals surface area (Å²) in [5, 5.41) is 4.55. The molecule has 1 atom stereocenters. The predicted molar refractivity (Wildman–Crippen MR) is 105 cm³/mol. The molecule has 1 aromatic heterocycles. The smallest absolute Gasteiger partial charge is 0.225 e. The van der Waals surface area contributed by atoms with Gasteiger partial charge in [0.25, 0.3) is 0 Å². The van der Waals surface area contributed by atoms with E-state index in [0.29, 0.717) is 24.7 Å². The largest absolute Gasteiger partial charge is 0.360 e. The second-order valence-corrected chi connectivity index (χ2v) is 7.30. The van der Waals surface area contributed by atoms with Gasteiger partial charge in [-0.25, -0.2) is 0 Å². The third-order valence-corrected chi connectivity index (χ3v) is 5.28. The van der Waals surface area contributed by atoms with Crippen LogP contribution in [0.25, 0.3) is 10.9 Å². The maximum Gasteiger partial charge on any atom is 0.225 e. The van der Waals surface area contributed by atoms with Gasteiger partial charge >= 0.3 is 0 Å². The highest BCUT2D eigenvalue weighted by atomic mass is 35.5. The van der Waals surface area contributed by atoms with Gasteiger partial charge in [0.2, 0.25) is 11.8 Å². The number of halogens is 1. The van der Waals surface area contributed by atoms with Gasteiger partial charge < -0.3 is 15.2 Å². The molecule has 0 radical (unpaired) electrons. The summed E-state index contributed by atoms with van der Waals surface area (Å²) in [7, 11) is 0. The van der Waals surface area contributed by atoms with Crippen LogP contribution in [0.2, 0.25) is 5.02 Å². The van der Waals surface area contributed by atoms with Crippen LogP contribution >= 0.6 is 11.6 Å². The van der Waals surface area contributed by atoms with Crippen molar-refractivity contribution in [3.05, 3.63) is 70.9 Å². The number of nitrogens with zero attached hydrogens (tertiary/aromatic N) is 1. The fourth-order valence-corrected chi connectivity index (χ4v) is 3.69. The summed E-state index contributed by atoms with van der Waals surface area (Å²) in [4.78, 5) is 29.6. The summed E-state index contributed by atoms with van der Waals surface area (Å²) in [6, 6.07) is 15.7. The molecule has 1 aliphatic rings. The molecular formula is C21H20ClN3O2. The Balaban J connectivity index is 1.35. The SMILES string of the molecule is O=C(NCc1ccc2[nH]cc(Cl)c2c1)[C@H]1CC(=O)N(Cc2ccccc2)C1. The molecule has 0 aliphatic carbocycles. The minimum atomic E-state index is -0.305. The van der Waals surface area contributed by atoms with Crippen LogP contribution in [0.3, 0.4) is 0 Å². The van der Waals surface area contributed by atoms with Crippen molar-refractivity contribution in [3.63, 3.8) is 0 Å². The molecule has 2 amide bonds. The summed E-state index contributed by atoms with van der Waals surface area (Å²) in [5.74, 6) is -0.362. The van der Waals surface area contributed by atoms with Crippen LogP contribution in [0.4, 0.5) is 0 Å². The van der Waals surface area contributed by atoms with Crippen molar-refractivity contribution in [2.75, 3.05) is 6.54 Å². The zero-order valence-corrected chi connectivity index (χ0v) is 15.5. The van der Waals surface area contributed by atoms with E-state index < -0.39 is 0 Å². The zero-order valence-electron chi connectivity index (χ0n) is 14.7. The molecular weight excluding hydrogens is 362 g/mol. The van der Waals surface area contributed by atoms with E-state index in [1.165, 1.54) is 0 Å². The van der Waals surface area contributed by atoms with E-state index in [9.17, 15) is 9.59 Å². The third kappa shape index (κ3) is 3.83. The first kappa shape index (κ1) is 17.6. The molecule has 0 bridgehead atoms. The van der Waals surface area contributed by atoms with E-state index in [4.69, 9.17) is 11.6 Å². The number of carbonyl (C=O) groups excluding carboxylic acids is 2. The number of rotatable bonds is 5. The molecule has 4 rings (SSSR count). The second kappa shape index (κ2) is 7.45. The Morgan fingerprint density at radius 3 is 2.81 bits per heavy atom. The maximum atomic E-state index is 12.5. The molecule has 2 aromatic carbocycles. The van der Waals surface area contributed by atoms with E-state index in [1.54, 1.807) is 11.1 Å². The van der Waals surface area contributed by atoms with Crippen molar-refractivity contribution in [2.24, 2.45) is 5.92 Å². The number of aromatic nitrogens is 1. The Kier molecular flexibility index (Phi) is 4.86. The summed E-state index contributed by atoms with van der Waals surface area (Å²) < 4.78 is 0. The number of amides is 2. The lowest BCUT2D eigenvalue weighted by Crippen LogP contribution is -2.32. The monoisotopic (exact) mass is 381 g/mol. The second-order valence-electron chi connectivity index (χ2n) is 6.90. The molecule has 138 valence electrons. The van der Waals surface area contributed by atoms with Crippen LogP contribution in [-0.2, 0) is 22.7 Å². The highest BCUT2D eigenvalue weighted by Crippen LogP contribution is 2.24. The zero-order chi connectivity index (χ0) is 18.8. The first-order chi connectivity index (χ1) is 13.1. The minimum absolute atomic E-state index is 0.0273. The fourth-order valence-electron chi connectivity index (χ4n) is 3.48. The molecule has 0 spiro atoms. The molecule has 2 N–H and O–H groups in total. The van der Waals surface area contributed by atoms with Gasteiger partial charge in [-0.05, 0) is 23.3 Å². The van der Waals surface area contributed by atoms with Crippen molar-refractivity contribution >= 4 is 34.3 Å². The number of nitrogens with one attached hydrogen (secondary N) is 2. The summed E-state index contributed by atoms with van der Waals surface area (Å²) in [6.45, 7) is 1.42. The van der Waals surface area contributed by atoms with Gasteiger partial charge in [-0.15, -0.1) is 0 Å². The molecule has 27 heavy (non-hydrogen) atoms. The van der Waals surface area contributed by atoms with Gasteiger partial charge in [-0.1, -0.05) is 48.0 Å². The molecule has 1 fully saturated rings. The number of aromatic amines is 1. The van der Waals surface area contributed by atoms with Gasteiger partial charge in [0, 0.05) is 43.2 Å². The minimum Gasteiger partial charge on any atom is -0.360 e. The highest BCUT2D eigenvalue weighted by Gasteiger charge is 2.34. The Hall–Kier alpha value is -2.79. The molecule has 1 aliphatic heterocycles. The normalized spacial score (nSPS) is 16.9. The van der Waals surface area contributed by atoms with Crippen molar-refractivity contribution in [1.82, 2.24) is 15.2 Å². The number of benzene rings is 2. The summed E-state index contributed by atoms with van der Waals surface area (Å²) >= 11 is 6.15. The van der Waals surface area contributed by atoms with Crippen molar-refractivity contribution < 1.29 is 9.59 Å². The van der Waals surface area contributed by atoms with E-state index in [2.05, 4.69) is 10.3 Å². The Bertz CT molecular complexity index is 984. The van der Waals surface area contributed by atoms with Crippen LogP contribution in [-0.4, -0.2) is 28.2 Å². The van der Waals surface area contributed by atoms with Crippen LogP contribution in [0.5, 0.6) is 0 Å². The summed E-state index contributed by atoms with van der Waals surface area (Å²) in [5.41, 5.74) is 3.01. The lowest BCUT2D eigenvalue weighted by molar-refractivity contribution is -0.129. The van der Waals surface area contributed by atoms with E-state index in [0.717, 1.165) is 22.0 Å². The number of likely N-dealkylation sites (tertiary alicyclic amines) is 1. The van der Waals surface area contributed by atoms with Gasteiger partial charge in [0.1, 0.15) is 0 Å². The van der Waals surface area contributed by atoms with Crippen molar-refractivity contribution in [3.8, 4) is 0 Å². The lowest BCUT2D eigenvalue weighted by Gasteiger charge is -2.16. The molecule has 2 heterocycles. The Morgan fingerprint density at radius 2 is 2.00 bits per heavy atom. The molecule has 0 unspecified atom stereocenters. The van der Waals surface area contributed by atoms with E-state index in [1.807, 2.05) is 48.5 Å². The topological polar surface area (TPSA) is 65.2 Å². The first-order valence-corrected chi connectivity index (χ1v) is 9.33. The van der Waals surface area contributed by atoms with Crippen LogP contribution in [0, 0.1) is 5.92 Å². The van der Waals surface area contributed by atoms with Crippen LogP contribution < -0.4 is 5.32 Å². The van der Waals surface area contributed by atoms with Gasteiger partial charge in [0.05, 0.1) is 10.9 Å². The average molecular weight is 382 g/mol. The molecule has 1 saturated heterocycles. The number of carbonyl (C=O) groups is 2. The standard InChI is InChI=1S/C21H20ClN3O2/c22-18-11-23-19-7-6-15(8-17(18)19)10-24-21(27)16-9-20(26)25(13-16)12-14-4-2-1-3-5-14/h1-8,11,16,23H,9-10,12-13H2,(H,24,27)/t16-/m0/s1. The fraction of sp³-hybridized carbons (Fsp3) is 0.238. The van der Waals surface area contributed by atoms with E-state index in [-0.39, 0.29) is 24.2 Å². The van der Waals surface area contributed by atoms with Gasteiger partial charge in [0.15, 0.2) is 0 Å². The first-order valence-electron chi connectivity index (χ1n) is 8.95. The molecule has 3 aromatic rings. The number of hydrogen-bond donors (Lipinski definition) is 2. The summed E-state index contributed by atoms with van der Waals surface area (Å²) in [6.07, 6.45) is 2.02. The average Bonchev–Trinajstić information content (AvgIpc) is 3.24. The van der Waals surface area contributed by atoms with Gasteiger partial charge in [-0.2, -0.15) is 0 Å². The number of hydrogen-bond acceptors (Lipinski definition) is 2. The lowest BCUT2D eigenvalue weighted by atomic mass is 10.1. The van der Waals surface area contributed by atoms with Crippen molar-refractivity contribution in [2.45, 2.75) is 19.5 Å². The van der Waals surface area contributed by atoms with Crippen LogP contribution in [0.1, 0.15) is 17.5 Å².